The van der Waals surface area contributed by atoms with E-state index in [4.69, 9.17) is 0 Å². The summed E-state index contributed by atoms with van der Waals surface area (Å²) in [6, 6.07) is 5.35. The van der Waals surface area contributed by atoms with E-state index in [9.17, 15) is 19.2 Å². The van der Waals surface area contributed by atoms with Crippen LogP contribution in [-0.2, 0) is 14.4 Å². The number of piperazine rings is 1. The summed E-state index contributed by atoms with van der Waals surface area (Å²) < 4.78 is 0. The Morgan fingerprint density at radius 1 is 1.06 bits per heavy atom. The number of imide groups is 1. The van der Waals surface area contributed by atoms with Crippen molar-refractivity contribution in [1.82, 2.24) is 20.0 Å². The largest absolute Gasteiger partial charge is 0.339 e. The molecule has 0 radical (unpaired) electrons. The molecule has 2 saturated heterocycles. The fourth-order valence-corrected chi connectivity index (χ4v) is 3.91. The Balaban J connectivity index is 1.48. The molecule has 168 valence electrons. The molecule has 0 aliphatic carbocycles. The topological polar surface area (TPSA) is 102 Å². The van der Waals surface area contributed by atoms with E-state index in [0.717, 1.165) is 21.7 Å². The van der Waals surface area contributed by atoms with Crippen molar-refractivity contribution in [3.05, 3.63) is 29.3 Å². The van der Waals surface area contributed by atoms with Gasteiger partial charge in [-0.2, -0.15) is 0 Å². The second-order valence-electron chi connectivity index (χ2n) is 8.48. The zero-order valence-corrected chi connectivity index (χ0v) is 18.7. The first kappa shape index (κ1) is 22.7. The first-order valence-corrected chi connectivity index (χ1v) is 10.6. The Hall–Kier alpha value is -2.94. The number of benzene rings is 1. The van der Waals surface area contributed by atoms with Crippen LogP contribution in [0.25, 0.3) is 0 Å². The molecular formula is C22H31N5O4. The number of nitrogens with one attached hydrogen (secondary N) is 2. The van der Waals surface area contributed by atoms with Gasteiger partial charge in [0.15, 0.2) is 0 Å². The number of anilines is 1. The van der Waals surface area contributed by atoms with Crippen molar-refractivity contribution in [3.8, 4) is 0 Å². The van der Waals surface area contributed by atoms with Crippen molar-refractivity contribution in [2.75, 3.05) is 44.6 Å². The Kier molecular flexibility index (Phi) is 6.64. The lowest BCUT2D eigenvalue weighted by molar-refractivity contribution is -0.139. The van der Waals surface area contributed by atoms with Gasteiger partial charge >= 0.3 is 6.03 Å². The zero-order chi connectivity index (χ0) is 22.8. The van der Waals surface area contributed by atoms with Crippen LogP contribution in [0.3, 0.4) is 0 Å². The molecule has 2 fully saturated rings. The molecule has 2 heterocycles. The van der Waals surface area contributed by atoms with E-state index in [1.54, 1.807) is 11.8 Å². The number of carbonyl (C=O) groups is 4. The van der Waals surface area contributed by atoms with Crippen molar-refractivity contribution in [1.29, 1.82) is 0 Å². The van der Waals surface area contributed by atoms with Gasteiger partial charge in [0.05, 0.1) is 6.54 Å². The fourth-order valence-electron chi connectivity index (χ4n) is 3.91. The van der Waals surface area contributed by atoms with Gasteiger partial charge in [-0.1, -0.05) is 25.1 Å². The second-order valence-corrected chi connectivity index (χ2v) is 8.48. The molecule has 1 aromatic rings. The average molecular weight is 430 g/mol. The van der Waals surface area contributed by atoms with Gasteiger partial charge in [0.2, 0.25) is 11.8 Å². The predicted molar refractivity (Wildman–Crippen MR) is 117 cm³/mol. The normalized spacial score (nSPS) is 21.9. The molecule has 2 N–H and O–H groups in total. The Bertz CT molecular complexity index is 874. The molecular weight excluding hydrogens is 398 g/mol. The molecule has 31 heavy (non-hydrogen) atoms. The van der Waals surface area contributed by atoms with Gasteiger partial charge in [0, 0.05) is 31.9 Å². The summed E-state index contributed by atoms with van der Waals surface area (Å²) in [5.74, 6) is -0.714. The lowest BCUT2D eigenvalue weighted by Crippen LogP contribution is -2.53. The van der Waals surface area contributed by atoms with Crippen LogP contribution in [0.4, 0.5) is 10.5 Å². The Morgan fingerprint density at radius 2 is 1.68 bits per heavy atom. The fraction of sp³-hybridized carbons (Fsp3) is 0.545. The molecule has 1 aromatic carbocycles. The van der Waals surface area contributed by atoms with Crippen molar-refractivity contribution in [2.45, 2.75) is 39.7 Å². The van der Waals surface area contributed by atoms with Crippen LogP contribution in [0, 0.1) is 13.8 Å². The molecule has 1 atom stereocenters. The highest BCUT2D eigenvalue weighted by Gasteiger charge is 2.47. The highest BCUT2D eigenvalue weighted by atomic mass is 16.2. The third-order valence-corrected chi connectivity index (χ3v) is 6.18. The molecule has 9 heteroatoms. The zero-order valence-electron chi connectivity index (χ0n) is 18.7. The van der Waals surface area contributed by atoms with Gasteiger partial charge in [-0.3, -0.25) is 24.2 Å². The molecule has 0 aromatic heterocycles. The standard InChI is InChI=1S/C22H31N5O4/c1-5-22(4)20(30)27(21(31)24-22)14-18(29)26-11-9-25(10-12-26)13-17(28)23-19-15(2)7-6-8-16(19)3/h6-8H,5,9-14H2,1-4H3,(H,23,28)(H,24,31)/t22-/m0/s1. The maximum atomic E-state index is 12.6. The number of rotatable bonds is 6. The van der Waals surface area contributed by atoms with Gasteiger partial charge in [-0.05, 0) is 38.3 Å². The molecule has 2 aliphatic heterocycles. The predicted octanol–water partition coefficient (Wildman–Crippen LogP) is 1.11. The second kappa shape index (κ2) is 9.05. The lowest BCUT2D eigenvalue weighted by atomic mass is 9.99. The summed E-state index contributed by atoms with van der Waals surface area (Å²) in [6.07, 6.45) is 0.463. The lowest BCUT2D eigenvalue weighted by Gasteiger charge is -2.35. The quantitative estimate of drug-likeness (QED) is 0.660. The van der Waals surface area contributed by atoms with E-state index in [2.05, 4.69) is 10.6 Å². The van der Waals surface area contributed by atoms with Gasteiger partial charge in [-0.25, -0.2) is 4.79 Å². The summed E-state index contributed by atoms with van der Waals surface area (Å²) >= 11 is 0. The summed E-state index contributed by atoms with van der Waals surface area (Å²) in [7, 11) is 0. The van der Waals surface area contributed by atoms with Crippen molar-refractivity contribution in [2.24, 2.45) is 0 Å². The summed E-state index contributed by atoms with van der Waals surface area (Å²) in [5, 5.41) is 5.64. The van der Waals surface area contributed by atoms with Crippen LogP contribution in [-0.4, -0.2) is 83.3 Å². The van der Waals surface area contributed by atoms with E-state index in [0.29, 0.717) is 32.6 Å². The molecule has 0 spiro atoms. The summed E-state index contributed by atoms with van der Waals surface area (Å²) in [6.45, 7) is 9.40. The highest BCUT2D eigenvalue weighted by Crippen LogP contribution is 2.21. The number of hydrogen-bond acceptors (Lipinski definition) is 5. The number of carbonyl (C=O) groups excluding carboxylic acids is 4. The highest BCUT2D eigenvalue weighted by molar-refractivity contribution is 6.08. The Morgan fingerprint density at radius 3 is 2.23 bits per heavy atom. The van der Waals surface area contributed by atoms with E-state index < -0.39 is 11.6 Å². The van der Waals surface area contributed by atoms with Crippen LogP contribution in [0.5, 0.6) is 0 Å². The van der Waals surface area contributed by atoms with Gasteiger partial charge in [0.25, 0.3) is 5.91 Å². The number of urea groups is 1. The number of aryl methyl sites for hydroxylation is 2. The maximum Gasteiger partial charge on any atom is 0.325 e. The summed E-state index contributed by atoms with van der Waals surface area (Å²) in [5.41, 5.74) is 1.93. The van der Waals surface area contributed by atoms with Crippen LogP contribution < -0.4 is 10.6 Å². The van der Waals surface area contributed by atoms with Crippen molar-refractivity contribution in [3.63, 3.8) is 0 Å². The molecule has 2 aliphatic rings. The third-order valence-electron chi connectivity index (χ3n) is 6.18. The summed E-state index contributed by atoms with van der Waals surface area (Å²) in [4.78, 5) is 54.3. The number of hydrogen-bond donors (Lipinski definition) is 2. The number of nitrogens with zero attached hydrogens (tertiary/aromatic N) is 3. The minimum Gasteiger partial charge on any atom is -0.339 e. The number of amides is 5. The van der Waals surface area contributed by atoms with Crippen LogP contribution >= 0.6 is 0 Å². The first-order valence-electron chi connectivity index (χ1n) is 10.6. The van der Waals surface area contributed by atoms with E-state index in [1.165, 1.54) is 0 Å². The third kappa shape index (κ3) is 4.87. The average Bonchev–Trinajstić information content (AvgIpc) is 2.95. The van der Waals surface area contributed by atoms with Crippen LogP contribution in [0.15, 0.2) is 18.2 Å². The molecule has 0 unspecified atom stereocenters. The van der Waals surface area contributed by atoms with Crippen LogP contribution in [0.2, 0.25) is 0 Å². The molecule has 5 amide bonds. The SMILES string of the molecule is CC[C@]1(C)NC(=O)N(CC(=O)N2CCN(CC(=O)Nc3c(C)cccc3C)CC2)C1=O. The van der Waals surface area contributed by atoms with Crippen molar-refractivity contribution >= 4 is 29.4 Å². The van der Waals surface area contributed by atoms with Crippen molar-refractivity contribution < 1.29 is 19.2 Å². The van der Waals surface area contributed by atoms with E-state index in [1.807, 2.05) is 43.9 Å². The van der Waals surface area contributed by atoms with Gasteiger partial charge in [-0.15, -0.1) is 0 Å². The molecule has 0 bridgehead atoms. The minimum absolute atomic E-state index is 0.0876. The Labute approximate surface area is 182 Å². The molecule has 3 rings (SSSR count). The minimum atomic E-state index is -0.946. The monoisotopic (exact) mass is 429 g/mol. The maximum absolute atomic E-state index is 12.6. The van der Waals surface area contributed by atoms with Crippen LogP contribution in [0.1, 0.15) is 31.4 Å². The first-order chi connectivity index (χ1) is 14.6. The van der Waals surface area contributed by atoms with Gasteiger partial charge < -0.3 is 15.5 Å². The molecule has 0 saturated carbocycles. The smallest absolute Gasteiger partial charge is 0.325 e. The van der Waals surface area contributed by atoms with Gasteiger partial charge in [0.1, 0.15) is 12.1 Å². The van der Waals surface area contributed by atoms with E-state index in [-0.39, 0.29) is 30.8 Å². The number of para-hydroxylation sites is 1. The van der Waals surface area contributed by atoms with E-state index >= 15 is 0 Å². The molecule has 9 nitrogen and oxygen atoms in total.